The number of hydrogen-bond acceptors (Lipinski definition) is 2. The molecule has 104 valence electrons. The third kappa shape index (κ3) is 3.16. The van der Waals surface area contributed by atoms with Crippen molar-refractivity contribution in [3.8, 4) is 0 Å². The molecule has 0 aromatic heterocycles. The van der Waals surface area contributed by atoms with E-state index in [4.69, 9.17) is 0 Å². The Labute approximate surface area is 116 Å². The van der Waals surface area contributed by atoms with Gasteiger partial charge in [0.15, 0.2) is 0 Å². The second-order valence-electron chi connectivity index (χ2n) is 5.59. The Hall–Kier alpha value is -1.35. The van der Waals surface area contributed by atoms with Gasteiger partial charge >= 0.3 is 0 Å². The largest absolute Gasteiger partial charge is 0.311 e. The molecule has 3 nitrogen and oxygen atoms in total. The Kier molecular flexibility index (Phi) is 4.59. The van der Waals surface area contributed by atoms with Gasteiger partial charge < -0.3 is 10.2 Å². The first-order valence-corrected chi connectivity index (χ1v) is 7.25. The van der Waals surface area contributed by atoms with E-state index in [-0.39, 0.29) is 11.9 Å². The van der Waals surface area contributed by atoms with Crippen LogP contribution in [0.25, 0.3) is 0 Å². The monoisotopic (exact) mass is 260 g/mol. The molecule has 0 aliphatic carbocycles. The molecule has 19 heavy (non-hydrogen) atoms. The summed E-state index contributed by atoms with van der Waals surface area (Å²) in [7, 11) is 0. The Balaban J connectivity index is 2.34. The van der Waals surface area contributed by atoms with Crippen molar-refractivity contribution in [2.45, 2.75) is 45.6 Å². The van der Waals surface area contributed by atoms with Crippen molar-refractivity contribution < 1.29 is 4.79 Å². The van der Waals surface area contributed by atoms with Gasteiger partial charge in [-0.1, -0.05) is 32.0 Å². The fourth-order valence-corrected chi connectivity index (χ4v) is 2.61. The quantitative estimate of drug-likeness (QED) is 0.886. The van der Waals surface area contributed by atoms with Gasteiger partial charge in [-0.15, -0.1) is 0 Å². The maximum atomic E-state index is 12.5. The van der Waals surface area contributed by atoms with Crippen molar-refractivity contribution in [3.63, 3.8) is 0 Å². The molecule has 1 saturated heterocycles. The van der Waals surface area contributed by atoms with Gasteiger partial charge in [0.1, 0.15) is 0 Å². The molecule has 3 heteroatoms. The third-order valence-corrected chi connectivity index (χ3v) is 3.75. The van der Waals surface area contributed by atoms with Crippen LogP contribution >= 0.6 is 0 Å². The number of nitrogens with zero attached hydrogens (tertiary/aromatic N) is 1. The predicted octanol–water partition coefficient (Wildman–Crippen LogP) is 2.91. The van der Waals surface area contributed by atoms with Crippen LogP contribution in [0.15, 0.2) is 24.3 Å². The smallest absolute Gasteiger partial charge is 0.243 e. The summed E-state index contributed by atoms with van der Waals surface area (Å²) in [6, 6.07) is 8.17. The lowest BCUT2D eigenvalue weighted by molar-refractivity contribution is -0.120. The Morgan fingerprint density at radius 1 is 1.26 bits per heavy atom. The second-order valence-corrected chi connectivity index (χ2v) is 5.59. The lowest BCUT2D eigenvalue weighted by Gasteiger charge is -2.31. The zero-order chi connectivity index (χ0) is 13.8. The normalized spacial score (nSPS) is 21.4. The average Bonchev–Trinajstić information content (AvgIpc) is 2.40. The van der Waals surface area contributed by atoms with Gasteiger partial charge in [0.05, 0.1) is 6.04 Å². The fraction of sp³-hybridized carbons (Fsp3) is 0.562. The Morgan fingerprint density at radius 2 is 2.00 bits per heavy atom. The molecule has 0 saturated carbocycles. The van der Waals surface area contributed by atoms with Gasteiger partial charge in [0, 0.05) is 12.2 Å². The molecule has 1 fully saturated rings. The molecule has 1 unspecified atom stereocenters. The molecular weight excluding hydrogens is 236 g/mol. The van der Waals surface area contributed by atoms with Crippen LogP contribution in [0.5, 0.6) is 0 Å². The molecule has 1 amide bonds. The van der Waals surface area contributed by atoms with E-state index in [9.17, 15) is 4.79 Å². The number of hydrogen-bond donors (Lipinski definition) is 1. The molecular formula is C16H24N2O. The Bertz CT molecular complexity index is 442. The summed E-state index contributed by atoms with van der Waals surface area (Å²) in [6.07, 6.45) is 2.18. The highest BCUT2D eigenvalue weighted by Gasteiger charge is 2.25. The van der Waals surface area contributed by atoms with Gasteiger partial charge in [0.25, 0.3) is 0 Å². The van der Waals surface area contributed by atoms with Gasteiger partial charge in [0.2, 0.25) is 5.91 Å². The number of para-hydroxylation sites is 1. The zero-order valence-corrected chi connectivity index (χ0v) is 12.1. The summed E-state index contributed by atoms with van der Waals surface area (Å²) in [6.45, 7) is 8.07. The lowest BCUT2D eigenvalue weighted by Crippen LogP contribution is -2.48. The molecule has 0 radical (unpaired) electrons. The van der Waals surface area contributed by atoms with Gasteiger partial charge in [-0.05, 0) is 43.9 Å². The maximum absolute atomic E-state index is 12.5. The first kappa shape index (κ1) is 14.1. The second kappa shape index (κ2) is 6.20. The van der Waals surface area contributed by atoms with Crippen LogP contribution in [0.2, 0.25) is 0 Å². The molecule has 1 aromatic carbocycles. The van der Waals surface area contributed by atoms with Crippen LogP contribution in [-0.4, -0.2) is 25.0 Å². The van der Waals surface area contributed by atoms with E-state index < -0.39 is 0 Å². The van der Waals surface area contributed by atoms with Gasteiger partial charge in [-0.3, -0.25) is 4.79 Å². The molecule has 1 aromatic rings. The van der Waals surface area contributed by atoms with Crippen molar-refractivity contribution in [2.75, 3.05) is 18.0 Å². The van der Waals surface area contributed by atoms with Gasteiger partial charge in [-0.2, -0.15) is 0 Å². The first-order chi connectivity index (χ1) is 9.11. The molecule has 1 heterocycles. The molecule has 1 N–H and O–H groups in total. The number of carbonyl (C=O) groups excluding carboxylic acids is 1. The molecule has 1 aliphatic rings. The van der Waals surface area contributed by atoms with Crippen molar-refractivity contribution in [2.24, 2.45) is 0 Å². The highest BCUT2D eigenvalue weighted by molar-refractivity contribution is 5.97. The summed E-state index contributed by atoms with van der Waals surface area (Å²) in [5.41, 5.74) is 2.33. The fourth-order valence-electron chi connectivity index (χ4n) is 2.61. The predicted molar refractivity (Wildman–Crippen MR) is 79.6 cm³/mol. The molecule has 2 rings (SSSR count). The summed E-state index contributed by atoms with van der Waals surface area (Å²) < 4.78 is 0. The number of anilines is 1. The van der Waals surface area contributed by atoms with Crippen LogP contribution in [0.4, 0.5) is 5.69 Å². The van der Waals surface area contributed by atoms with Crippen molar-refractivity contribution in [1.82, 2.24) is 5.32 Å². The van der Waals surface area contributed by atoms with E-state index >= 15 is 0 Å². The minimum absolute atomic E-state index is 0.0967. The standard InChI is InChI=1S/C16H24N2O/c1-12(2)14-8-4-5-9-15(14)18-11-7-6-10-17-13(3)16(18)19/h4-5,8-9,12-13,17H,6-7,10-11H2,1-3H3. The zero-order valence-electron chi connectivity index (χ0n) is 12.1. The highest BCUT2D eigenvalue weighted by atomic mass is 16.2. The average molecular weight is 260 g/mol. The number of benzene rings is 1. The molecule has 1 atom stereocenters. The van der Waals surface area contributed by atoms with Crippen molar-refractivity contribution >= 4 is 11.6 Å². The summed E-state index contributed by atoms with van der Waals surface area (Å²) in [5.74, 6) is 0.616. The van der Waals surface area contributed by atoms with E-state index in [1.54, 1.807) is 0 Å². The maximum Gasteiger partial charge on any atom is 0.243 e. The van der Waals surface area contributed by atoms with Crippen LogP contribution < -0.4 is 10.2 Å². The minimum Gasteiger partial charge on any atom is -0.311 e. The molecule has 0 bridgehead atoms. The first-order valence-electron chi connectivity index (χ1n) is 7.25. The van der Waals surface area contributed by atoms with Crippen molar-refractivity contribution in [3.05, 3.63) is 29.8 Å². The van der Waals surface area contributed by atoms with E-state index in [1.165, 1.54) is 5.56 Å². The molecule has 1 aliphatic heterocycles. The topological polar surface area (TPSA) is 32.3 Å². The minimum atomic E-state index is -0.0967. The van der Waals surface area contributed by atoms with Crippen LogP contribution in [-0.2, 0) is 4.79 Å². The van der Waals surface area contributed by atoms with Crippen LogP contribution in [0.1, 0.15) is 45.1 Å². The highest BCUT2D eigenvalue weighted by Crippen LogP contribution is 2.28. The number of carbonyl (C=O) groups is 1. The summed E-state index contributed by atoms with van der Waals surface area (Å²) in [4.78, 5) is 14.5. The summed E-state index contributed by atoms with van der Waals surface area (Å²) >= 11 is 0. The SMILES string of the molecule is CC1NCCCCN(c2ccccc2C(C)C)C1=O. The van der Waals surface area contributed by atoms with E-state index in [0.29, 0.717) is 5.92 Å². The lowest BCUT2D eigenvalue weighted by atomic mass is 9.99. The van der Waals surface area contributed by atoms with E-state index in [1.807, 2.05) is 17.9 Å². The third-order valence-electron chi connectivity index (χ3n) is 3.75. The number of amides is 1. The number of rotatable bonds is 2. The molecule has 0 spiro atoms. The van der Waals surface area contributed by atoms with Crippen molar-refractivity contribution in [1.29, 1.82) is 0 Å². The Morgan fingerprint density at radius 3 is 2.74 bits per heavy atom. The van der Waals surface area contributed by atoms with E-state index in [2.05, 4.69) is 37.4 Å². The number of nitrogens with one attached hydrogen (secondary N) is 1. The van der Waals surface area contributed by atoms with Gasteiger partial charge in [-0.25, -0.2) is 0 Å². The van der Waals surface area contributed by atoms with Crippen LogP contribution in [0, 0.1) is 0 Å². The summed E-state index contributed by atoms with van der Waals surface area (Å²) in [5, 5.41) is 3.29. The van der Waals surface area contributed by atoms with E-state index in [0.717, 1.165) is 31.6 Å². The van der Waals surface area contributed by atoms with Crippen LogP contribution in [0.3, 0.4) is 0 Å².